The van der Waals surface area contributed by atoms with E-state index < -0.39 is 27.8 Å². The van der Waals surface area contributed by atoms with Crippen molar-refractivity contribution in [3.05, 3.63) is 101 Å². The molecule has 2 aliphatic rings. The highest BCUT2D eigenvalue weighted by atomic mass is 32.2. The Morgan fingerprint density at radius 1 is 0.870 bits per heavy atom. The van der Waals surface area contributed by atoms with Gasteiger partial charge >= 0.3 is 0 Å². The number of halogens is 2. The first-order valence-electron chi connectivity index (χ1n) is 15.3. The predicted molar refractivity (Wildman–Crippen MR) is 173 cm³/mol. The van der Waals surface area contributed by atoms with Crippen LogP contribution in [-0.2, 0) is 21.4 Å². The van der Waals surface area contributed by atoms with Crippen molar-refractivity contribution in [1.82, 2.24) is 19.6 Å². The Bertz CT molecular complexity index is 1830. The summed E-state index contributed by atoms with van der Waals surface area (Å²) in [5, 5.41) is 2.91. The number of aromatic nitrogens is 2. The van der Waals surface area contributed by atoms with Crippen molar-refractivity contribution < 1.29 is 22.0 Å². The molecular formula is C34H36F2N6O3S. The number of amides is 1. The van der Waals surface area contributed by atoms with Gasteiger partial charge in [0.05, 0.1) is 28.5 Å². The lowest BCUT2D eigenvalue weighted by molar-refractivity contribution is -0.124. The molecule has 240 valence electrons. The number of para-hydroxylation sites is 1. The second-order valence-corrected chi connectivity index (χ2v) is 13.7. The van der Waals surface area contributed by atoms with Gasteiger partial charge < -0.3 is 15.1 Å². The molecule has 6 rings (SSSR count). The standard InChI is InChI=1S/C34H36F2N6O3S/c1-23-18-24(2)20-25(19-23)30-21-27(38-34(39-30)41-16-14-40(15-17-41)31-7-4-3-6-29(31)36)22-37-33(43)32-8-5-13-42(32)46(44,45)28-11-9-26(35)10-12-28/h3-4,6-7,9-12,18-21,32H,5,8,13-17,22H2,1-2H3,(H,37,43). The van der Waals surface area contributed by atoms with Crippen molar-refractivity contribution in [2.24, 2.45) is 0 Å². The van der Waals surface area contributed by atoms with E-state index in [1.165, 1.54) is 22.5 Å². The van der Waals surface area contributed by atoms with Crippen molar-refractivity contribution in [2.75, 3.05) is 42.5 Å². The monoisotopic (exact) mass is 646 g/mol. The van der Waals surface area contributed by atoms with Crippen LogP contribution in [0.1, 0.15) is 29.7 Å². The van der Waals surface area contributed by atoms with Crippen molar-refractivity contribution in [3.8, 4) is 11.3 Å². The second kappa shape index (κ2) is 13.1. The van der Waals surface area contributed by atoms with Gasteiger partial charge in [0.2, 0.25) is 21.9 Å². The van der Waals surface area contributed by atoms with Gasteiger partial charge in [-0.05, 0) is 81.3 Å². The van der Waals surface area contributed by atoms with E-state index in [9.17, 15) is 22.0 Å². The van der Waals surface area contributed by atoms with E-state index in [0.717, 1.165) is 28.8 Å². The highest BCUT2D eigenvalue weighted by molar-refractivity contribution is 7.89. The van der Waals surface area contributed by atoms with E-state index in [0.29, 0.717) is 62.0 Å². The lowest BCUT2D eigenvalue weighted by Gasteiger charge is -2.36. The van der Waals surface area contributed by atoms with E-state index in [-0.39, 0.29) is 23.8 Å². The fourth-order valence-electron chi connectivity index (χ4n) is 6.17. The first-order chi connectivity index (χ1) is 22.1. The summed E-state index contributed by atoms with van der Waals surface area (Å²) < 4.78 is 55.7. The Morgan fingerprint density at radius 2 is 1.54 bits per heavy atom. The van der Waals surface area contributed by atoms with E-state index in [1.807, 2.05) is 43.0 Å². The number of carbonyl (C=O) groups is 1. The normalized spacial score (nSPS) is 17.3. The molecule has 3 heterocycles. The second-order valence-electron chi connectivity index (χ2n) is 11.8. The maximum absolute atomic E-state index is 14.4. The van der Waals surface area contributed by atoms with Gasteiger partial charge in [-0.3, -0.25) is 4.79 Å². The topological polar surface area (TPSA) is 98.7 Å². The van der Waals surface area contributed by atoms with Crippen LogP contribution >= 0.6 is 0 Å². The van der Waals surface area contributed by atoms with Crippen LogP contribution in [0.5, 0.6) is 0 Å². The van der Waals surface area contributed by atoms with Crippen molar-refractivity contribution in [1.29, 1.82) is 0 Å². The molecule has 2 aliphatic heterocycles. The van der Waals surface area contributed by atoms with Gasteiger partial charge in [0, 0.05) is 38.3 Å². The molecule has 2 fully saturated rings. The number of nitrogens with zero attached hydrogens (tertiary/aromatic N) is 5. The fourth-order valence-corrected chi connectivity index (χ4v) is 7.83. The molecule has 1 atom stereocenters. The van der Waals surface area contributed by atoms with E-state index in [2.05, 4.69) is 16.3 Å². The van der Waals surface area contributed by atoms with Gasteiger partial charge in [-0.2, -0.15) is 4.31 Å². The quantitative estimate of drug-likeness (QED) is 0.293. The first kappa shape index (κ1) is 31.6. The molecule has 12 heteroatoms. The number of benzene rings is 3. The zero-order chi connectivity index (χ0) is 32.4. The molecule has 0 spiro atoms. The Morgan fingerprint density at radius 3 is 2.24 bits per heavy atom. The van der Waals surface area contributed by atoms with Gasteiger partial charge in [-0.25, -0.2) is 27.2 Å². The number of piperazine rings is 1. The van der Waals surface area contributed by atoms with E-state index in [1.54, 1.807) is 12.1 Å². The molecule has 2 saturated heterocycles. The summed E-state index contributed by atoms with van der Waals surface area (Å²) in [6.45, 7) is 6.65. The number of hydrogen-bond donors (Lipinski definition) is 1. The molecule has 46 heavy (non-hydrogen) atoms. The van der Waals surface area contributed by atoms with Gasteiger partial charge in [-0.1, -0.05) is 29.3 Å². The third-order valence-electron chi connectivity index (χ3n) is 8.41. The Hall–Kier alpha value is -4.42. The Balaban J connectivity index is 1.22. The summed E-state index contributed by atoms with van der Waals surface area (Å²) in [6.07, 6.45) is 0.910. The van der Waals surface area contributed by atoms with Crippen LogP contribution in [0.4, 0.5) is 20.4 Å². The van der Waals surface area contributed by atoms with Crippen LogP contribution in [0.2, 0.25) is 0 Å². The molecule has 1 unspecified atom stereocenters. The van der Waals surface area contributed by atoms with Crippen molar-refractivity contribution >= 4 is 27.6 Å². The lowest BCUT2D eigenvalue weighted by Crippen LogP contribution is -2.47. The van der Waals surface area contributed by atoms with Crippen LogP contribution in [0.25, 0.3) is 11.3 Å². The summed E-state index contributed by atoms with van der Waals surface area (Å²) >= 11 is 0. The average molecular weight is 647 g/mol. The molecule has 3 aromatic carbocycles. The average Bonchev–Trinajstić information content (AvgIpc) is 3.55. The molecule has 1 amide bonds. The summed E-state index contributed by atoms with van der Waals surface area (Å²) in [4.78, 5) is 27.1. The number of sulfonamides is 1. The van der Waals surface area contributed by atoms with Crippen molar-refractivity contribution in [3.63, 3.8) is 0 Å². The zero-order valence-corrected chi connectivity index (χ0v) is 26.6. The number of carbonyl (C=O) groups excluding carboxylic acids is 1. The fraction of sp³-hybridized carbons (Fsp3) is 0.324. The highest BCUT2D eigenvalue weighted by Gasteiger charge is 2.39. The molecule has 0 radical (unpaired) electrons. The van der Waals surface area contributed by atoms with Crippen molar-refractivity contribution in [2.45, 2.75) is 44.2 Å². The third-order valence-corrected chi connectivity index (χ3v) is 10.3. The first-order valence-corrected chi connectivity index (χ1v) is 16.8. The van der Waals surface area contributed by atoms with Gasteiger partial charge in [0.1, 0.15) is 17.7 Å². The maximum atomic E-state index is 14.4. The minimum Gasteiger partial charge on any atom is -0.366 e. The van der Waals surface area contributed by atoms with E-state index >= 15 is 0 Å². The van der Waals surface area contributed by atoms with Crippen LogP contribution in [0.15, 0.2) is 77.7 Å². The molecule has 0 aliphatic carbocycles. The summed E-state index contributed by atoms with van der Waals surface area (Å²) in [5.74, 6) is -0.704. The minimum absolute atomic E-state index is 0.0535. The lowest BCUT2D eigenvalue weighted by atomic mass is 10.0. The predicted octanol–water partition coefficient (Wildman–Crippen LogP) is 4.83. The largest absolute Gasteiger partial charge is 0.366 e. The van der Waals surface area contributed by atoms with Crippen LogP contribution in [-0.4, -0.2) is 67.4 Å². The third kappa shape index (κ3) is 6.73. The Labute approximate surface area is 267 Å². The smallest absolute Gasteiger partial charge is 0.243 e. The van der Waals surface area contributed by atoms with Gasteiger partial charge in [0.25, 0.3) is 0 Å². The summed E-state index contributed by atoms with van der Waals surface area (Å²) in [5.41, 5.74) is 4.96. The summed E-state index contributed by atoms with van der Waals surface area (Å²) in [7, 11) is -3.99. The minimum atomic E-state index is -3.99. The Kier molecular flexibility index (Phi) is 9.01. The highest BCUT2D eigenvalue weighted by Crippen LogP contribution is 2.28. The van der Waals surface area contributed by atoms with Gasteiger partial charge in [-0.15, -0.1) is 0 Å². The van der Waals surface area contributed by atoms with E-state index in [4.69, 9.17) is 9.97 Å². The molecule has 4 aromatic rings. The van der Waals surface area contributed by atoms with Crippen LogP contribution in [0, 0.1) is 25.5 Å². The van der Waals surface area contributed by atoms with Crippen LogP contribution in [0.3, 0.4) is 0 Å². The van der Waals surface area contributed by atoms with Crippen LogP contribution < -0.4 is 15.1 Å². The zero-order valence-electron chi connectivity index (χ0n) is 25.8. The molecule has 0 bridgehead atoms. The summed E-state index contributed by atoms with van der Waals surface area (Å²) in [6, 6.07) is 18.5. The molecular weight excluding hydrogens is 610 g/mol. The maximum Gasteiger partial charge on any atom is 0.243 e. The number of aryl methyl sites for hydroxylation is 2. The number of hydrogen-bond acceptors (Lipinski definition) is 7. The van der Waals surface area contributed by atoms with Gasteiger partial charge in [0.15, 0.2) is 0 Å². The molecule has 0 saturated carbocycles. The number of nitrogens with one attached hydrogen (secondary N) is 1. The molecule has 1 aromatic heterocycles. The SMILES string of the molecule is Cc1cc(C)cc(-c2cc(CNC(=O)C3CCCN3S(=O)(=O)c3ccc(F)cc3)nc(N3CCN(c4ccccc4F)CC3)n2)c1. The number of rotatable bonds is 8. The molecule has 1 N–H and O–H groups in total. The molecule has 9 nitrogen and oxygen atoms in total. The number of anilines is 2.